The SMILES string of the molecule is Cc1cnc(-n2cnc(C)c2)cn1. The fourth-order valence-electron chi connectivity index (χ4n) is 1.07. The Bertz CT molecular complexity index is 402. The number of hydrogen-bond donors (Lipinski definition) is 0. The van der Waals surface area contributed by atoms with Crippen molar-refractivity contribution in [3.05, 3.63) is 36.3 Å². The normalized spacial score (nSPS) is 10.3. The van der Waals surface area contributed by atoms with E-state index in [1.54, 1.807) is 18.7 Å². The van der Waals surface area contributed by atoms with E-state index in [1.165, 1.54) is 0 Å². The molecule has 0 radical (unpaired) electrons. The van der Waals surface area contributed by atoms with Crippen LogP contribution in [-0.4, -0.2) is 19.5 Å². The molecule has 0 amide bonds. The standard InChI is InChI=1S/C9H10N4/c1-7-3-11-9(4-10-7)13-5-8(2)12-6-13/h3-6H,1-2H3. The summed E-state index contributed by atoms with van der Waals surface area (Å²) < 4.78 is 1.85. The van der Waals surface area contributed by atoms with Crippen molar-refractivity contribution in [2.45, 2.75) is 13.8 Å². The minimum atomic E-state index is 0.797. The smallest absolute Gasteiger partial charge is 0.156 e. The summed E-state index contributed by atoms with van der Waals surface area (Å²) in [5, 5.41) is 0. The van der Waals surface area contributed by atoms with E-state index in [0.29, 0.717) is 0 Å². The van der Waals surface area contributed by atoms with Crippen LogP contribution >= 0.6 is 0 Å². The summed E-state index contributed by atoms with van der Waals surface area (Å²) in [5.41, 5.74) is 1.89. The highest BCUT2D eigenvalue weighted by molar-refractivity contribution is 5.19. The molecule has 4 nitrogen and oxygen atoms in total. The third kappa shape index (κ3) is 1.56. The molecule has 0 N–H and O–H groups in total. The number of imidazole rings is 1. The maximum absolute atomic E-state index is 4.22. The van der Waals surface area contributed by atoms with Crippen molar-refractivity contribution in [1.29, 1.82) is 0 Å². The summed E-state index contributed by atoms with van der Waals surface area (Å²) in [7, 11) is 0. The highest BCUT2D eigenvalue weighted by atomic mass is 15.1. The van der Waals surface area contributed by atoms with Crippen molar-refractivity contribution in [2.24, 2.45) is 0 Å². The minimum absolute atomic E-state index is 0.797. The maximum atomic E-state index is 4.22. The molecule has 2 heterocycles. The van der Waals surface area contributed by atoms with Crippen LogP contribution < -0.4 is 0 Å². The van der Waals surface area contributed by atoms with Gasteiger partial charge in [0.15, 0.2) is 5.82 Å². The Morgan fingerprint density at radius 3 is 2.38 bits per heavy atom. The van der Waals surface area contributed by atoms with Crippen LogP contribution in [0, 0.1) is 13.8 Å². The van der Waals surface area contributed by atoms with Gasteiger partial charge in [-0.3, -0.25) is 9.55 Å². The van der Waals surface area contributed by atoms with E-state index in [0.717, 1.165) is 17.2 Å². The molecule has 0 bridgehead atoms. The van der Waals surface area contributed by atoms with Crippen LogP contribution in [0.4, 0.5) is 0 Å². The van der Waals surface area contributed by atoms with E-state index in [4.69, 9.17) is 0 Å². The van der Waals surface area contributed by atoms with Crippen LogP contribution in [0.2, 0.25) is 0 Å². The van der Waals surface area contributed by atoms with Crippen LogP contribution in [0.25, 0.3) is 5.82 Å². The van der Waals surface area contributed by atoms with Crippen LogP contribution in [-0.2, 0) is 0 Å². The fraction of sp³-hybridized carbons (Fsp3) is 0.222. The molecule has 2 rings (SSSR count). The van der Waals surface area contributed by atoms with Crippen molar-refractivity contribution < 1.29 is 0 Å². The van der Waals surface area contributed by atoms with Crippen molar-refractivity contribution in [3.8, 4) is 5.82 Å². The van der Waals surface area contributed by atoms with Gasteiger partial charge in [0.2, 0.25) is 0 Å². The van der Waals surface area contributed by atoms with Crippen LogP contribution in [0.5, 0.6) is 0 Å². The van der Waals surface area contributed by atoms with Gasteiger partial charge in [0, 0.05) is 6.20 Å². The van der Waals surface area contributed by atoms with Gasteiger partial charge in [-0.25, -0.2) is 9.97 Å². The number of aryl methyl sites for hydroxylation is 2. The molecule has 0 saturated carbocycles. The first-order chi connectivity index (χ1) is 6.25. The molecule has 0 atom stereocenters. The van der Waals surface area contributed by atoms with E-state index in [2.05, 4.69) is 15.0 Å². The molecule has 0 fully saturated rings. The van der Waals surface area contributed by atoms with Gasteiger partial charge in [0.1, 0.15) is 6.33 Å². The molecule has 0 aliphatic heterocycles. The lowest BCUT2D eigenvalue weighted by atomic mass is 10.5. The summed E-state index contributed by atoms with van der Waals surface area (Å²) in [6.07, 6.45) is 7.12. The molecule has 4 heteroatoms. The predicted octanol–water partition coefficient (Wildman–Crippen LogP) is 1.28. The second kappa shape index (κ2) is 2.97. The van der Waals surface area contributed by atoms with Gasteiger partial charge in [0.25, 0.3) is 0 Å². The molecule has 0 aliphatic carbocycles. The molecule has 2 aromatic heterocycles. The van der Waals surface area contributed by atoms with E-state index in [9.17, 15) is 0 Å². The Balaban J connectivity index is 2.41. The number of hydrogen-bond acceptors (Lipinski definition) is 3. The first-order valence-corrected chi connectivity index (χ1v) is 4.05. The number of aromatic nitrogens is 4. The minimum Gasteiger partial charge on any atom is -0.289 e. The number of nitrogens with zero attached hydrogens (tertiary/aromatic N) is 4. The average molecular weight is 174 g/mol. The zero-order chi connectivity index (χ0) is 9.26. The van der Waals surface area contributed by atoms with Gasteiger partial charge in [-0.2, -0.15) is 0 Å². The van der Waals surface area contributed by atoms with Gasteiger partial charge >= 0.3 is 0 Å². The van der Waals surface area contributed by atoms with Gasteiger partial charge < -0.3 is 0 Å². The van der Waals surface area contributed by atoms with Crippen LogP contribution in [0.15, 0.2) is 24.9 Å². The molecular weight excluding hydrogens is 164 g/mol. The van der Waals surface area contributed by atoms with E-state index in [1.807, 2.05) is 24.6 Å². The second-order valence-corrected chi connectivity index (χ2v) is 2.94. The molecule has 2 aromatic rings. The van der Waals surface area contributed by atoms with Crippen molar-refractivity contribution >= 4 is 0 Å². The Morgan fingerprint density at radius 2 is 1.85 bits per heavy atom. The topological polar surface area (TPSA) is 43.6 Å². The lowest BCUT2D eigenvalue weighted by molar-refractivity contribution is 0.956. The van der Waals surface area contributed by atoms with E-state index < -0.39 is 0 Å². The second-order valence-electron chi connectivity index (χ2n) is 2.94. The average Bonchev–Trinajstić information content (AvgIpc) is 2.53. The zero-order valence-corrected chi connectivity index (χ0v) is 7.60. The predicted molar refractivity (Wildman–Crippen MR) is 48.6 cm³/mol. The third-order valence-electron chi connectivity index (χ3n) is 1.74. The van der Waals surface area contributed by atoms with Crippen molar-refractivity contribution in [1.82, 2.24) is 19.5 Å². The van der Waals surface area contributed by atoms with Crippen LogP contribution in [0.1, 0.15) is 11.4 Å². The van der Waals surface area contributed by atoms with Crippen LogP contribution in [0.3, 0.4) is 0 Å². The Kier molecular flexibility index (Phi) is 1.81. The monoisotopic (exact) mass is 174 g/mol. The van der Waals surface area contributed by atoms with Crippen molar-refractivity contribution in [2.75, 3.05) is 0 Å². The largest absolute Gasteiger partial charge is 0.289 e. The maximum Gasteiger partial charge on any atom is 0.156 e. The van der Waals surface area contributed by atoms with Crippen molar-refractivity contribution in [3.63, 3.8) is 0 Å². The summed E-state index contributed by atoms with van der Waals surface area (Å²) in [5.74, 6) is 0.797. The lowest BCUT2D eigenvalue weighted by Crippen LogP contribution is -1.95. The Hall–Kier alpha value is -1.71. The summed E-state index contributed by atoms with van der Waals surface area (Å²) in [6, 6.07) is 0. The van der Waals surface area contributed by atoms with Gasteiger partial charge in [-0.15, -0.1) is 0 Å². The molecule has 0 unspecified atom stereocenters. The molecule has 66 valence electrons. The summed E-state index contributed by atoms with van der Waals surface area (Å²) >= 11 is 0. The quantitative estimate of drug-likeness (QED) is 0.654. The molecule has 0 saturated heterocycles. The van der Waals surface area contributed by atoms with E-state index >= 15 is 0 Å². The summed E-state index contributed by atoms with van der Waals surface area (Å²) in [4.78, 5) is 12.5. The molecule has 0 aromatic carbocycles. The molecule has 13 heavy (non-hydrogen) atoms. The fourth-order valence-corrected chi connectivity index (χ4v) is 1.07. The highest BCUT2D eigenvalue weighted by Crippen LogP contribution is 2.03. The molecule has 0 aliphatic rings. The highest BCUT2D eigenvalue weighted by Gasteiger charge is 1.98. The molecular formula is C9H10N4. The van der Waals surface area contributed by atoms with Gasteiger partial charge in [0.05, 0.1) is 23.8 Å². The first-order valence-electron chi connectivity index (χ1n) is 4.05. The molecule has 0 spiro atoms. The summed E-state index contributed by atoms with van der Waals surface area (Å²) in [6.45, 7) is 3.86. The Morgan fingerprint density at radius 1 is 1.00 bits per heavy atom. The Labute approximate surface area is 76.3 Å². The van der Waals surface area contributed by atoms with Gasteiger partial charge in [-0.05, 0) is 13.8 Å². The number of rotatable bonds is 1. The zero-order valence-electron chi connectivity index (χ0n) is 7.60. The first kappa shape index (κ1) is 7.91. The van der Waals surface area contributed by atoms with Gasteiger partial charge in [-0.1, -0.05) is 0 Å². The van der Waals surface area contributed by atoms with E-state index in [-0.39, 0.29) is 0 Å². The lowest BCUT2D eigenvalue weighted by Gasteiger charge is -1.98. The third-order valence-corrected chi connectivity index (χ3v) is 1.74.